The molecule has 2 atom stereocenters. The Hall–Kier alpha value is -2.57. The number of hydrogen-bond acceptors (Lipinski definition) is 4. The summed E-state index contributed by atoms with van der Waals surface area (Å²) in [6.45, 7) is 2.43. The Kier molecular flexibility index (Phi) is 6.25. The average Bonchev–Trinajstić information content (AvgIpc) is 2.79. The number of carbonyl (C=O) groups excluding carboxylic acids is 2. The van der Waals surface area contributed by atoms with Gasteiger partial charge in [0.25, 0.3) is 5.91 Å². The van der Waals surface area contributed by atoms with Crippen molar-refractivity contribution in [3.8, 4) is 0 Å². The lowest BCUT2D eigenvalue weighted by Crippen LogP contribution is -2.57. The summed E-state index contributed by atoms with van der Waals surface area (Å²) in [4.78, 5) is 29.3. The van der Waals surface area contributed by atoms with Crippen LogP contribution in [0.4, 0.5) is 4.39 Å². The molecule has 2 aliphatic rings. The van der Waals surface area contributed by atoms with Gasteiger partial charge in [-0.15, -0.1) is 0 Å². The lowest BCUT2D eigenvalue weighted by atomic mass is 9.87. The van der Waals surface area contributed by atoms with Crippen LogP contribution in [0.1, 0.15) is 40.0 Å². The number of aliphatic hydroxyl groups excluding tert-OH is 1. The Bertz CT molecular complexity index is 879. The van der Waals surface area contributed by atoms with Gasteiger partial charge in [-0.05, 0) is 68.8 Å². The quantitative estimate of drug-likeness (QED) is 0.788. The van der Waals surface area contributed by atoms with Crippen molar-refractivity contribution in [1.82, 2.24) is 9.80 Å². The number of aliphatic hydroxyl groups is 1. The molecule has 2 aromatic rings. The standard InChI is InChI=1S/C24H27FN2O3/c25-20-8-6-17(7-9-20)23(29)18-10-13-26(14-11-18)21-12-15-27(16-22(21)28)24(30)19-4-2-1-3-5-19/h1-9,18,21-22,28H,10-16H2. The molecule has 4 rings (SSSR count). The van der Waals surface area contributed by atoms with Crippen LogP contribution in [-0.2, 0) is 0 Å². The molecule has 0 saturated carbocycles. The van der Waals surface area contributed by atoms with Gasteiger partial charge in [0, 0.05) is 36.2 Å². The van der Waals surface area contributed by atoms with Gasteiger partial charge in [-0.2, -0.15) is 0 Å². The van der Waals surface area contributed by atoms with Crippen molar-refractivity contribution in [1.29, 1.82) is 0 Å². The maximum atomic E-state index is 13.1. The van der Waals surface area contributed by atoms with Crippen LogP contribution >= 0.6 is 0 Å². The molecule has 5 nitrogen and oxygen atoms in total. The molecular formula is C24H27FN2O3. The van der Waals surface area contributed by atoms with Crippen molar-refractivity contribution in [3.05, 3.63) is 71.5 Å². The van der Waals surface area contributed by atoms with Crippen molar-refractivity contribution in [2.45, 2.75) is 31.4 Å². The maximum Gasteiger partial charge on any atom is 0.253 e. The van der Waals surface area contributed by atoms with E-state index in [1.807, 2.05) is 18.2 Å². The van der Waals surface area contributed by atoms with Crippen molar-refractivity contribution in [3.63, 3.8) is 0 Å². The number of rotatable bonds is 4. The number of halogens is 1. The third-order valence-corrected chi connectivity index (χ3v) is 6.35. The molecule has 0 spiro atoms. The zero-order chi connectivity index (χ0) is 21.1. The summed E-state index contributed by atoms with van der Waals surface area (Å²) in [5.74, 6) is -0.383. The maximum absolute atomic E-state index is 13.1. The first kappa shape index (κ1) is 20.7. The van der Waals surface area contributed by atoms with E-state index in [9.17, 15) is 19.1 Å². The van der Waals surface area contributed by atoms with Crippen LogP contribution in [0.15, 0.2) is 54.6 Å². The van der Waals surface area contributed by atoms with Gasteiger partial charge < -0.3 is 10.0 Å². The van der Waals surface area contributed by atoms with Crippen molar-refractivity contribution in [2.24, 2.45) is 5.92 Å². The third kappa shape index (κ3) is 4.45. The molecule has 0 aliphatic carbocycles. The molecule has 2 aromatic carbocycles. The third-order valence-electron chi connectivity index (χ3n) is 6.35. The van der Waals surface area contributed by atoms with Gasteiger partial charge in [-0.3, -0.25) is 14.5 Å². The number of nitrogens with zero attached hydrogens (tertiary/aromatic N) is 2. The fourth-order valence-electron chi connectivity index (χ4n) is 4.64. The Morgan fingerprint density at radius 3 is 2.17 bits per heavy atom. The lowest BCUT2D eigenvalue weighted by Gasteiger charge is -2.44. The van der Waals surface area contributed by atoms with E-state index in [-0.39, 0.29) is 29.5 Å². The van der Waals surface area contributed by atoms with Gasteiger partial charge in [0.15, 0.2) is 5.78 Å². The van der Waals surface area contributed by atoms with Crippen LogP contribution in [-0.4, -0.2) is 64.9 Å². The summed E-state index contributed by atoms with van der Waals surface area (Å²) < 4.78 is 13.1. The van der Waals surface area contributed by atoms with E-state index in [1.54, 1.807) is 29.2 Å². The zero-order valence-corrected chi connectivity index (χ0v) is 16.9. The van der Waals surface area contributed by atoms with Crippen molar-refractivity contribution < 1.29 is 19.1 Å². The van der Waals surface area contributed by atoms with Gasteiger partial charge in [0.05, 0.1) is 6.10 Å². The largest absolute Gasteiger partial charge is 0.390 e. The number of piperidine rings is 2. The fourth-order valence-corrected chi connectivity index (χ4v) is 4.64. The van der Waals surface area contributed by atoms with Crippen molar-refractivity contribution in [2.75, 3.05) is 26.2 Å². The second kappa shape index (κ2) is 9.06. The normalized spacial score (nSPS) is 23.3. The highest BCUT2D eigenvalue weighted by Gasteiger charge is 2.36. The number of amides is 1. The predicted molar refractivity (Wildman–Crippen MR) is 112 cm³/mol. The van der Waals surface area contributed by atoms with Crippen LogP contribution in [0, 0.1) is 11.7 Å². The highest BCUT2D eigenvalue weighted by molar-refractivity contribution is 5.97. The minimum atomic E-state index is -0.601. The monoisotopic (exact) mass is 410 g/mol. The number of carbonyl (C=O) groups is 2. The zero-order valence-electron chi connectivity index (χ0n) is 16.9. The summed E-state index contributed by atoms with van der Waals surface area (Å²) in [7, 11) is 0. The summed E-state index contributed by atoms with van der Waals surface area (Å²) in [6, 6.07) is 14.9. The Morgan fingerprint density at radius 2 is 1.53 bits per heavy atom. The highest BCUT2D eigenvalue weighted by atomic mass is 19.1. The minimum Gasteiger partial charge on any atom is -0.390 e. The van der Waals surface area contributed by atoms with Crippen LogP contribution in [0.25, 0.3) is 0 Å². The van der Waals surface area contributed by atoms with E-state index < -0.39 is 6.10 Å². The summed E-state index contributed by atoms with van der Waals surface area (Å²) >= 11 is 0. The van der Waals surface area contributed by atoms with Gasteiger partial charge in [0.1, 0.15) is 5.82 Å². The van der Waals surface area contributed by atoms with Gasteiger partial charge >= 0.3 is 0 Å². The summed E-state index contributed by atoms with van der Waals surface area (Å²) in [5, 5.41) is 10.7. The molecule has 1 amide bonds. The van der Waals surface area contributed by atoms with Crippen LogP contribution < -0.4 is 0 Å². The van der Waals surface area contributed by atoms with Gasteiger partial charge in [-0.1, -0.05) is 18.2 Å². The minimum absolute atomic E-state index is 0.00620. The molecule has 6 heteroatoms. The SMILES string of the molecule is O=C(c1ccc(F)cc1)C1CCN(C2CCN(C(=O)c3ccccc3)CC2O)CC1. The first-order chi connectivity index (χ1) is 14.5. The molecule has 2 unspecified atom stereocenters. The molecule has 1 N–H and O–H groups in total. The van der Waals surface area contributed by atoms with Crippen LogP contribution in [0.3, 0.4) is 0 Å². The number of likely N-dealkylation sites (tertiary alicyclic amines) is 2. The molecule has 2 fully saturated rings. The van der Waals surface area contributed by atoms with Crippen LogP contribution in [0.5, 0.6) is 0 Å². The number of ketones is 1. The van der Waals surface area contributed by atoms with Crippen LogP contribution in [0.2, 0.25) is 0 Å². The molecule has 2 saturated heterocycles. The van der Waals surface area contributed by atoms with E-state index >= 15 is 0 Å². The summed E-state index contributed by atoms with van der Waals surface area (Å²) in [6.07, 6.45) is 1.57. The van der Waals surface area contributed by atoms with E-state index in [0.29, 0.717) is 24.2 Å². The number of β-amino-alcohol motifs (C(OH)–C–C–N with tert-alkyl or cyclic N) is 1. The molecular weight excluding hydrogens is 383 g/mol. The highest BCUT2D eigenvalue weighted by Crippen LogP contribution is 2.27. The van der Waals surface area contributed by atoms with E-state index in [2.05, 4.69) is 4.90 Å². The van der Waals surface area contributed by atoms with Crippen molar-refractivity contribution >= 4 is 11.7 Å². The average molecular weight is 410 g/mol. The predicted octanol–water partition coefficient (Wildman–Crippen LogP) is 3.00. The lowest BCUT2D eigenvalue weighted by molar-refractivity contribution is -0.0185. The molecule has 158 valence electrons. The molecule has 2 heterocycles. The second-order valence-electron chi connectivity index (χ2n) is 8.22. The van der Waals surface area contributed by atoms with E-state index in [4.69, 9.17) is 0 Å². The summed E-state index contributed by atoms with van der Waals surface area (Å²) in [5.41, 5.74) is 1.20. The van der Waals surface area contributed by atoms with Gasteiger partial charge in [0.2, 0.25) is 0 Å². The van der Waals surface area contributed by atoms with Gasteiger partial charge in [-0.25, -0.2) is 4.39 Å². The Morgan fingerprint density at radius 1 is 0.867 bits per heavy atom. The molecule has 30 heavy (non-hydrogen) atoms. The Balaban J connectivity index is 1.31. The second-order valence-corrected chi connectivity index (χ2v) is 8.22. The van der Waals surface area contributed by atoms with E-state index in [0.717, 1.165) is 32.4 Å². The molecule has 2 aliphatic heterocycles. The number of Topliss-reactive ketones (excluding diaryl/α,β-unsaturated/α-hetero) is 1. The topological polar surface area (TPSA) is 60.9 Å². The first-order valence-electron chi connectivity index (χ1n) is 10.6. The Labute approximate surface area is 176 Å². The smallest absolute Gasteiger partial charge is 0.253 e. The molecule has 0 radical (unpaired) electrons. The number of hydrogen-bond donors (Lipinski definition) is 1. The first-order valence-corrected chi connectivity index (χ1v) is 10.6. The van der Waals surface area contributed by atoms with E-state index in [1.165, 1.54) is 12.1 Å². The number of benzene rings is 2. The molecule has 0 bridgehead atoms. The molecule has 0 aromatic heterocycles. The fraction of sp³-hybridized carbons (Fsp3) is 0.417.